The smallest absolute Gasteiger partial charge is 0.119 e. The summed E-state index contributed by atoms with van der Waals surface area (Å²) >= 11 is 0. The van der Waals surface area contributed by atoms with Crippen molar-refractivity contribution in [3.05, 3.63) is 91.0 Å². The highest BCUT2D eigenvalue weighted by atomic mass is 16.5. The maximum absolute atomic E-state index is 5.63. The van der Waals surface area contributed by atoms with Crippen molar-refractivity contribution in [2.45, 2.75) is 153 Å². The lowest BCUT2D eigenvalue weighted by molar-refractivity contribution is -0.120. The SMILES string of the molecule is C1CC2C3CCC(C3)C2C1.C1CC2C3CCC(C3)C2C1.CC.CC.CC.CC.CC1(COc2ccccc2)COC1.CC1(COc2ccccc2)COC1.CC1(COc2ccccc2)COC1. The van der Waals surface area contributed by atoms with Crippen LogP contribution < -0.4 is 14.2 Å². The third kappa shape index (κ3) is 17.1. The molecule has 9 fully saturated rings. The molecule has 6 nitrogen and oxygen atoms in total. The van der Waals surface area contributed by atoms with Gasteiger partial charge in [-0.25, -0.2) is 0 Å². The van der Waals surface area contributed by atoms with Gasteiger partial charge in [-0.15, -0.1) is 0 Å². The summed E-state index contributed by atoms with van der Waals surface area (Å²) in [4.78, 5) is 0. The molecule has 0 N–H and O–H groups in total. The van der Waals surface area contributed by atoms with E-state index in [1.165, 1.54) is 47.3 Å². The van der Waals surface area contributed by atoms with Gasteiger partial charge >= 0.3 is 0 Å². The molecule has 4 bridgehead atoms. The molecule has 12 rings (SSSR count). The van der Waals surface area contributed by atoms with Gasteiger partial charge in [0.25, 0.3) is 0 Å². The van der Waals surface area contributed by atoms with Crippen LogP contribution in [0.4, 0.5) is 0 Å². The van der Waals surface area contributed by atoms with Gasteiger partial charge in [-0.1, -0.05) is 144 Å². The molecule has 0 aromatic heterocycles. The number of para-hydroxylation sites is 3. The highest BCUT2D eigenvalue weighted by Gasteiger charge is 2.50. The van der Waals surface area contributed by atoms with E-state index < -0.39 is 0 Å². The molecule has 0 radical (unpaired) electrons. The Morgan fingerprint density at radius 1 is 0.358 bits per heavy atom. The fraction of sp³-hybridized carbons (Fsp3) is 0.705. The molecule has 6 aliphatic carbocycles. The Bertz CT molecular complexity index is 1460. The summed E-state index contributed by atoms with van der Waals surface area (Å²) in [5.74, 6) is 12.4. The second-order valence-electron chi connectivity index (χ2n) is 20.9. The van der Waals surface area contributed by atoms with Gasteiger partial charge in [-0.2, -0.15) is 0 Å². The van der Waals surface area contributed by atoms with Gasteiger partial charge in [0.15, 0.2) is 0 Å². The number of hydrogen-bond donors (Lipinski definition) is 0. The van der Waals surface area contributed by atoms with Crippen molar-refractivity contribution in [3.63, 3.8) is 0 Å². The summed E-state index contributed by atoms with van der Waals surface area (Å²) in [5.41, 5.74) is 0.696. The molecule has 3 aromatic rings. The zero-order valence-corrected chi connectivity index (χ0v) is 44.6. The number of fused-ring (bicyclic) bond motifs is 10. The maximum Gasteiger partial charge on any atom is 0.119 e. The predicted molar refractivity (Wildman–Crippen MR) is 281 cm³/mol. The normalized spacial score (nSPS) is 28.7. The van der Waals surface area contributed by atoms with Crippen LogP contribution in [0.2, 0.25) is 0 Å². The molecule has 9 aliphatic rings. The molecule has 0 amide bonds. The monoisotopic (exact) mass is 927 g/mol. The van der Waals surface area contributed by atoms with E-state index in [1.54, 1.807) is 77.0 Å². The van der Waals surface area contributed by atoms with Crippen molar-refractivity contribution in [2.75, 3.05) is 59.5 Å². The van der Waals surface area contributed by atoms with Crippen molar-refractivity contribution in [2.24, 2.45) is 63.6 Å². The van der Waals surface area contributed by atoms with Gasteiger partial charge in [0, 0.05) is 16.2 Å². The number of ether oxygens (including phenoxy) is 6. The molecule has 378 valence electrons. The Morgan fingerprint density at radius 2 is 0.582 bits per heavy atom. The summed E-state index contributed by atoms with van der Waals surface area (Å²) < 4.78 is 32.3. The molecule has 0 spiro atoms. The molecule has 6 heteroatoms. The summed E-state index contributed by atoms with van der Waals surface area (Å²) in [6, 6.07) is 29.7. The van der Waals surface area contributed by atoms with Gasteiger partial charge in [0.2, 0.25) is 0 Å². The lowest BCUT2D eigenvalue weighted by Crippen LogP contribution is -2.44. The van der Waals surface area contributed by atoms with E-state index in [2.05, 4.69) is 20.8 Å². The standard InChI is InChI=1S/3C11H14O2.2C10H16.4C2H6/c3*1-11(7-12-8-11)9-13-10-5-3-2-4-6-10;2*1-2-9-7-4-5-8(6-7)10(9)3-1;4*1-2/h3*2-6H,7-9H2,1H3;2*7-10H,1-6H2;4*1-2H3. The van der Waals surface area contributed by atoms with Crippen LogP contribution in [-0.2, 0) is 14.2 Å². The van der Waals surface area contributed by atoms with E-state index in [0.29, 0.717) is 0 Å². The molecular weight excluding hydrogens is 829 g/mol. The van der Waals surface area contributed by atoms with Crippen molar-refractivity contribution in [3.8, 4) is 17.2 Å². The third-order valence-corrected chi connectivity index (χ3v) is 15.4. The van der Waals surface area contributed by atoms with E-state index in [4.69, 9.17) is 28.4 Å². The summed E-state index contributed by atoms with van der Waals surface area (Å²) in [6.07, 6.45) is 19.1. The Morgan fingerprint density at radius 3 is 0.776 bits per heavy atom. The molecule has 3 saturated heterocycles. The summed E-state index contributed by atoms with van der Waals surface area (Å²) in [6.45, 7) is 29.7. The topological polar surface area (TPSA) is 55.4 Å². The lowest BCUT2D eigenvalue weighted by atomic mass is 9.82. The van der Waals surface area contributed by atoms with Gasteiger partial charge in [-0.05, 0) is 148 Å². The van der Waals surface area contributed by atoms with Crippen molar-refractivity contribution < 1.29 is 28.4 Å². The average Bonchev–Trinajstić information content (AvgIpc) is 4.25. The van der Waals surface area contributed by atoms with Crippen LogP contribution in [0.3, 0.4) is 0 Å². The third-order valence-electron chi connectivity index (χ3n) is 15.4. The van der Waals surface area contributed by atoms with Crippen LogP contribution in [0.5, 0.6) is 17.2 Å². The molecule has 3 aromatic carbocycles. The van der Waals surface area contributed by atoms with Gasteiger partial charge < -0.3 is 28.4 Å². The number of hydrogen-bond acceptors (Lipinski definition) is 6. The van der Waals surface area contributed by atoms with E-state index in [9.17, 15) is 0 Å². The maximum atomic E-state index is 5.63. The predicted octanol–water partition coefficient (Wildman–Crippen LogP) is 16.1. The average molecular weight is 927 g/mol. The Hall–Kier alpha value is -3.06. The highest BCUT2D eigenvalue weighted by Crippen LogP contribution is 2.59. The highest BCUT2D eigenvalue weighted by molar-refractivity contribution is 5.22. The second kappa shape index (κ2) is 29.9. The Labute approximate surface area is 411 Å². The minimum atomic E-state index is 0.232. The Kier molecular flexibility index (Phi) is 25.2. The van der Waals surface area contributed by atoms with Crippen molar-refractivity contribution in [1.82, 2.24) is 0 Å². The molecule has 67 heavy (non-hydrogen) atoms. The number of benzene rings is 3. The van der Waals surface area contributed by atoms with Crippen LogP contribution in [0, 0.1) is 63.6 Å². The molecule has 8 unspecified atom stereocenters. The van der Waals surface area contributed by atoms with Crippen LogP contribution in [0.15, 0.2) is 91.0 Å². The van der Waals surface area contributed by atoms with Crippen LogP contribution >= 0.6 is 0 Å². The molecule has 8 atom stereocenters. The first-order chi connectivity index (χ1) is 32.8. The van der Waals surface area contributed by atoms with Crippen LogP contribution in [0.25, 0.3) is 0 Å². The van der Waals surface area contributed by atoms with Gasteiger partial charge in [-0.3, -0.25) is 0 Å². The fourth-order valence-electron chi connectivity index (χ4n) is 12.0. The molecule has 3 aliphatic heterocycles. The van der Waals surface area contributed by atoms with Crippen LogP contribution in [-0.4, -0.2) is 59.5 Å². The quantitative estimate of drug-likeness (QED) is 0.213. The first-order valence-electron chi connectivity index (χ1n) is 27.5. The zero-order chi connectivity index (χ0) is 48.5. The number of rotatable bonds is 9. The zero-order valence-electron chi connectivity index (χ0n) is 44.6. The second-order valence-corrected chi connectivity index (χ2v) is 20.9. The van der Waals surface area contributed by atoms with Crippen molar-refractivity contribution >= 4 is 0 Å². The van der Waals surface area contributed by atoms with Gasteiger partial charge in [0.1, 0.15) is 17.2 Å². The molecule has 3 heterocycles. The first-order valence-corrected chi connectivity index (χ1v) is 27.5. The van der Waals surface area contributed by atoms with E-state index >= 15 is 0 Å². The molecular formula is C61H98O6. The first kappa shape index (κ1) is 56.5. The summed E-state index contributed by atoms with van der Waals surface area (Å²) in [7, 11) is 0. The van der Waals surface area contributed by atoms with E-state index in [0.717, 1.165) is 76.7 Å². The Balaban J connectivity index is 0.000000176. The van der Waals surface area contributed by atoms with Gasteiger partial charge in [0.05, 0.1) is 59.5 Å². The minimum Gasteiger partial charge on any atom is -0.493 e. The lowest BCUT2D eigenvalue weighted by Gasteiger charge is -2.37. The minimum absolute atomic E-state index is 0.232. The fourth-order valence-corrected chi connectivity index (χ4v) is 12.0. The molecule has 6 saturated carbocycles. The summed E-state index contributed by atoms with van der Waals surface area (Å²) in [5, 5.41) is 0. The van der Waals surface area contributed by atoms with E-state index in [-0.39, 0.29) is 16.2 Å². The van der Waals surface area contributed by atoms with E-state index in [1.807, 2.05) is 146 Å². The van der Waals surface area contributed by atoms with Crippen molar-refractivity contribution in [1.29, 1.82) is 0 Å². The van der Waals surface area contributed by atoms with Crippen LogP contribution in [0.1, 0.15) is 153 Å². The largest absolute Gasteiger partial charge is 0.493 e.